The summed E-state index contributed by atoms with van der Waals surface area (Å²) in [5.74, 6) is 0.390. The number of benzene rings is 2. The molecule has 0 aliphatic carbocycles. The van der Waals surface area contributed by atoms with E-state index in [0.717, 1.165) is 26.8 Å². The van der Waals surface area contributed by atoms with Crippen molar-refractivity contribution in [3.8, 4) is 0 Å². The van der Waals surface area contributed by atoms with E-state index in [-0.39, 0.29) is 0 Å². The van der Waals surface area contributed by atoms with Gasteiger partial charge < -0.3 is 0 Å². The third kappa shape index (κ3) is 3.79. The Kier molecular flexibility index (Phi) is 5.29. The molecule has 8 heteroatoms. The van der Waals surface area contributed by atoms with Gasteiger partial charge in [0, 0.05) is 14.1 Å². The van der Waals surface area contributed by atoms with Crippen molar-refractivity contribution in [2.24, 2.45) is 19.2 Å². The van der Waals surface area contributed by atoms with Gasteiger partial charge in [-0.25, -0.2) is 10.2 Å². The van der Waals surface area contributed by atoms with Crippen molar-refractivity contribution in [1.29, 1.82) is 0 Å². The summed E-state index contributed by atoms with van der Waals surface area (Å²) in [4.78, 5) is 29.9. The normalized spacial score (nSPS) is 11.5. The highest BCUT2D eigenvalue weighted by molar-refractivity contribution is 5.80. The second-order valence-electron chi connectivity index (χ2n) is 7.61. The first kappa shape index (κ1) is 20.3. The van der Waals surface area contributed by atoms with E-state index in [4.69, 9.17) is 0 Å². The van der Waals surface area contributed by atoms with E-state index in [1.54, 1.807) is 17.8 Å². The van der Waals surface area contributed by atoms with Gasteiger partial charge in [-0.15, -0.1) is 0 Å². The Balaban J connectivity index is 1.87. The first-order chi connectivity index (χ1) is 14.9. The fourth-order valence-corrected chi connectivity index (χ4v) is 3.53. The maximum atomic E-state index is 13.0. The molecular weight excluding hydrogens is 392 g/mol. The maximum Gasteiger partial charge on any atom is 0.332 e. The van der Waals surface area contributed by atoms with Crippen LogP contribution in [0, 0.1) is 13.8 Å². The smallest absolute Gasteiger partial charge is 0.298 e. The van der Waals surface area contributed by atoms with Crippen LogP contribution in [0.15, 0.2) is 63.2 Å². The number of fused-ring (bicyclic) bond motifs is 1. The Bertz CT molecular complexity index is 1410. The summed E-state index contributed by atoms with van der Waals surface area (Å²) >= 11 is 0. The van der Waals surface area contributed by atoms with Gasteiger partial charge in [0.2, 0.25) is 5.95 Å². The summed E-state index contributed by atoms with van der Waals surface area (Å²) in [6.07, 6.45) is 1.68. The molecule has 0 unspecified atom stereocenters. The van der Waals surface area contributed by atoms with E-state index >= 15 is 0 Å². The van der Waals surface area contributed by atoms with Crippen molar-refractivity contribution in [3.05, 3.63) is 91.6 Å². The first-order valence-electron chi connectivity index (χ1n) is 9.93. The molecule has 2 heterocycles. The third-order valence-electron chi connectivity index (χ3n) is 5.36. The van der Waals surface area contributed by atoms with Crippen molar-refractivity contribution < 1.29 is 0 Å². The average molecular weight is 416 g/mol. The van der Waals surface area contributed by atoms with E-state index in [9.17, 15) is 9.59 Å². The van der Waals surface area contributed by atoms with E-state index in [1.807, 2.05) is 44.2 Å². The molecule has 0 aliphatic heterocycles. The summed E-state index contributed by atoms with van der Waals surface area (Å²) < 4.78 is 4.25. The molecule has 0 aliphatic rings. The average Bonchev–Trinajstić information content (AvgIpc) is 3.12. The summed E-state index contributed by atoms with van der Waals surface area (Å²) in [5.41, 5.74) is 7.02. The molecule has 0 amide bonds. The van der Waals surface area contributed by atoms with E-state index < -0.39 is 11.2 Å². The van der Waals surface area contributed by atoms with Crippen molar-refractivity contribution >= 4 is 23.3 Å². The minimum Gasteiger partial charge on any atom is -0.298 e. The van der Waals surface area contributed by atoms with E-state index in [2.05, 4.69) is 33.7 Å². The fraction of sp³-hybridized carbons (Fsp3) is 0.217. The van der Waals surface area contributed by atoms with Crippen molar-refractivity contribution in [2.75, 3.05) is 5.43 Å². The number of hydrazone groups is 1. The molecule has 8 nitrogen and oxygen atoms in total. The predicted molar refractivity (Wildman–Crippen MR) is 123 cm³/mol. The highest BCUT2D eigenvalue weighted by atomic mass is 16.2. The number of hydrogen-bond donors (Lipinski definition) is 1. The van der Waals surface area contributed by atoms with Gasteiger partial charge in [0.05, 0.1) is 12.8 Å². The van der Waals surface area contributed by atoms with Crippen LogP contribution in [0.1, 0.15) is 22.3 Å². The highest BCUT2D eigenvalue weighted by Gasteiger charge is 2.19. The first-order valence-corrected chi connectivity index (χ1v) is 9.93. The summed E-state index contributed by atoms with van der Waals surface area (Å²) in [7, 11) is 3.08. The van der Waals surface area contributed by atoms with Gasteiger partial charge >= 0.3 is 5.69 Å². The van der Waals surface area contributed by atoms with Gasteiger partial charge in [0.15, 0.2) is 11.2 Å². The Morgan fingerprint density at radius 3 is 2.52 bits per heavy atom. The molecule has 0 spiro atoms. The number of imidazole rings is 1. The van der Waals surface area contributed by atoms with E-state index in [0.29, 0.717) is 23.7 Å². The molecule has 0 saturated heterocycles. The summed E-state index contributed by atoms with van der Waals surface area (Å²) in [5, 5.41) is 4.30. The lowest BCUT2D eigenvalue weighted by atomic mass is 10.1. The molecule has 31 heavy (non-hydrogen) atoms. The molecule has 2 aromatic heterocycles. The lowest BCUT2D eigenvalue weighted by molar-refractivity contribution is 0.702. The lowest BCUT2D eigenvalue weighted by Crippen LogP contribution is -2.37. The van der Waals surface area contributed by atoms with Gasteiger partial charge in [0.25, 0.3) is 5.56 Å². The van der Waals surface area contributed by atoms with Crippen LogP contribution in [0.25, 0.3) is 11.2 Å². The van der Waals surface area contributed by atoms with Crippen LogP contribution in [-0.4, -0.2) is 24.9 Å². The molecule has 0 fully saturated rings. The third-order valence-corrected chi connectivity index (χ3v) is 5.36. The van der Waals surface area contributed by atoms with Crippen LogP contribution < -0.4 is 16.7 Å². The predicted octanol–water partition coefficient (Wildman–Crippen LogP) is 2.54. The number of aryl methyl sites for hydroxylation is 3. The Morgan fingerprint density at radius 1 is 1.03 bits per heavy atom. The zero-order valence-electron chi connectivity index (χ0n) is 18.0. The minimum absolute atomic E-state index is 0.316. The lowest BCUT2D eigenvalue weighted by Gasteiger charge is -2.12. The fourth-order valence-electron chi connectivity index (χ4n) is 3.53. The van der Waals surface area contributed by atoms with Gasteiger partial charge in [-0.1, -0.05) is 54.1 Å². The summed E-state index contributed by atoms with van der Waals surface area (Å²) in [6.45, 7) is 4.48. The number of anilines is 1. The van der Waals surface area contributed by atoms with Crippen LogP contribution >= 0.6 is 0 Å². The molecule has 1 N–H and O–H groups in total. The van der Waals surface area contributed by atoms with Crippen LogP contribution in [0.2, 0.25) is 0 Å². The second-order valence-corrected chi connectivity index (χ2v) is 7.61. The molecule has 0 radical (unpaired) electrons. The zero-order chi connectivity index (χ0) is 22.1. The largest absolute Gasteiger partial charge is 0.332 e. The van der Waals surface area contributed by atoms with Gasteiger partial charge in [-0.05, 0) is 30.5 Å². The van der Waals surface area contributed by atoms with Crippen LogP contribution in [0.3, 0.4) is 0 Å². The van der Waals surface area contributed by atoms with Crippen molar-refractivity contribution in [2.45, 2.75) is 20.4 Å². The Morgan fingerprint density at radius 2 is 1.77 bits per heavy atom. The quantitative estimate of drug-likeness (QED) is 0.400. The van der Waals surface area contributed by atoms with Gasteiger partial charge in [0.1, 0.15) is 0 Å². The number of nitrogens with one attached hydrogen (secondary N) is 1. The van der Waals surface area contributed by atoms with E-state index in [1.165, 1.54) is 11.6 Å². The minimum atomic E-state index is -0.423. The molecule has 0 atom stereocenters. The molecule has 0 bridgehead atoms. The molecule has 158 valence electrons. The molecular formula is C23H24N6O2. The number of rotatable bonds is 5. The standard InChI is InChI=1S/C23H24N6O2/c1-15-10-11-16(2)18(12-15)14-29-19-20(27(3)23(31)28(4)21(19)30)25-22(29)26-24-13-17-8-6-5-7-9-17/h5-13H,14H2,1-4H3,(H,25,26). The monoisotopic (exact) mass is 416 g/mol. The van der Waals surface area contributed by atoms with Crippen LogP contribution in [-0.2, 0) is 20.6 Å². The maximum absolute atomic E-state index is 13.0. The highest BCUT2D eigenvalue weighted by Crippen LogP contribution is 2.20. The van der Waals surface area contributed by atoms with Crippen molar-refractivity contribution in [3.63, 3.8) is 0 Å². The number of nitrogens with zero attached hydrogens (tertiary/aromatic N) is 5. The van der Waals surface area contributed by atoms with Crippen LogP contribution in [0.4, 0.5) is 5.95 Å². The number of hydrogen-bond acceptors (Lipinski definition) is 5. The molecule has 4 aromatic rings. The Hall–Kier alpha value is -3.94. The second kappa shape index (κ2) is 8.06. The molecule has 0 saturated carbocycles. The van der Waals surface area contributed by atoms with Gasteiger partial charge in [-0.3, -0.25) is 18.5 Å². The molecule has 2 aromatic carbocycles. The summed E-state index contributed by atoms with van der Waals surface area (Å²) in [6, 6.07) is 15.9. The zero-order valence-corrected chi connectivity index (χ0v) is 18.0. The van der Waals surface area contributed by atoms with Gasteiger partial charge in [-0.2, -0.15) is 10.1 Å². The van der Waals surface area contributed by atoms with Crippen LogP contribution in [0.5, 0.6) is 0 Å². The Labute approximate surface area is 179 Å². The topological polar surface area (TPSA) is 86.2 Å². The number of aromatic nitrogens is 4. The van der Waals surface area contributed by atoms with Crippen molar-refractivity contribution in [1.82, 2.24) is 18.7 Å². The molecule has 4 rings (SSSR count). The SMILES string of the molecule is Cc1ccc(C)c(Cn2c(NN=Cc3ccccc3)nc3c2c(=O)n(C)c(=O)n3C)c1.